The van der Waals surface area contributed by atoms with Crippen LogP contribution in [0.3, 0.4) is 0 Å². The van der Waals surface area contributed by atoms with Crippen molar-refractivity contribution < 1.29 is 18.0 Å². The Balaban J connectivity index is 1.55. The van der Waals surface area contributed by atoms with Gasteiger partial charge >= 0.3 is 6.18 Å². The molecule has 1 aliphatic heterocycles. The standard InChI is InChI=1S/C25H26F3N7O/c1-14(2)30-24(36)16-4-3-15-5-7-19(31-20(15)11-16)23-33-32-21-8-6-17(12-35(21)23)22(25(26,27)28)34-10-9-18(29)13-34/h3-8,11-12,14,18,22H,9-10,13,29H2,1-2H3,(H,30,36)/t18-,22-/m0/s1. The van der Waals surface area contributed by atoms with Crippen molar-refractivity contribution in [3.63, 3.8) is 0 Å². The molecule has 1 amide bonds. The zero-order valence-electron chi connectivity index (χ0n) is 19.8. The Morgan fingerprint density at radius 2 is 1.92 bits per heavy atom. The lowest BCUT2D eigenvalue weighted by Gasteiger charge is -2.30. The SMILES string of the molecule is CC(C)NC(=O)c1ccc2ccc(-c3nnc4ccc([C@H](N5CC[C@H](N)C5)C(F)(F)F)cn34)nc2c1. The van der Waals surface area contributed by atoms with Crippen LogP contribution in [0.4, 0.5) is 13.2 Å². The molecule has 1 aromatic carbocycles. The molecule has 11 heteroatoms. The van der Waals surface area contributed by atoms with E-state index in [1.54, 1.807) is 24.3 Å². The van der Waals surface area contributed by atoms with Gasteiger partial charge in [0, 0.05) is 42.3 Å². The van der Waals surface area contributed by atoms with Crippen molar-refractivity contribution in [3.05, 3.63) is 59.8 Å². The summed E-state index contributed by atoms with van der Waals surface area (Å²) >= 11 is 0. The number of carbonyl (C=O) groups is 1. The first-order valence-corrected chi connectivity index (χ1v) is 11.7. The summed E-state index contributed by atoms with van der Waals surface area (Å²) in [4.78, 5) is 18.4. The van der Waals surface area contributed by atoms with E-state index in [-0.39, 0.29) is 36.6 Å². The molecule has 36 heavy (non-hydrogen) atoms. The summed E-state index contributed by atoms with van der Waals surface area (Å²) in [5, 5.41) is 12.0. The van der Waals surface area contributed by atoms with Crippen molar-refractivity contribution in [1.82, 2.24) is 29.8 Å². The summed E-state index contributed by atoms with van der Waals surface area (Å²) in [6, 6.07) is 9.66. The van der Waals surface area contributed by atoms with Gasteiger partial charge in [-0.1, -0.05) is 18.2 Å². The van der Waals surface area contributed by atoms with Gasteiger partial charge in [-0.25, -0.2) is 4.98 Å². The van der Waals surface area contributed by atoms with Crippen molar-refractivity contribution in [2.45, 2.75) is 44.6 Å². The predicted molar refractivity (Wildman–Crippen MR) is 129 cm³/mol. The first-order chi connectivity index (χ1) is 17.1. The zero-order valence-corrected chi connectivity index (χ0v) is 19.8. The molecule has 0 unspecified atom stereocenters. The van der Waals surface area contributed by atoms with Crippen molar-refractivity contribution in [2.75, 3.05) is 13.1 Å². The molecule has 3 aromatic heterocycles. The van der Waals surface area contributed by atoms with E-state index in [1.807, 2.05) is 19.9 Å². The van der Waals surface area contributed by atoms with Gasteiger partial charge in [0.05, 0.1) is 5.52 Å². The van der Waals surface area contributed by atoms with E-state index in [0.29, 0.717) is 34.7 Å². The molecule has 3 N–H and O–H groups in total. The van der Waals surface area contributed by atoms with Crippen LogP contribution in [0.25, 0.3) is 28.1 Å². The number of amides is 1. The molecule has 1 aliphatic rings. The smallest absolute Gasteiger partial charge is 0.350 e. The van der Waals surface area contributed by atoms with E-state index in [0.717, 1.165) is 5.39 Å². The fraction of sp³-hybridized carbons (Fsp3) is 0.360. The Morgan fingerprint density at radius 1 is 1.14 bits per heavy atom. The second-order valence-corrected chi connectivity index (χ2v) is 9.43. The van der Waals surface area contributed by atoms with E-state index in [4.69, 9.17) is 5.73 Å². The summed E-state index contributed by atoms with van der Waals surface area (Å²) in [7, 11) is 0. The van der Waals surface area contributed by atoms with Crippen LogP contribution in [-0.4, -0.2) is 61.7 Å². The molecule has 8 nitrogen and oxygen atoms in total. The van der Waals surface area contributed by atoms with Gasteiger partial charge in [-0.05, 0) is 50.1 Å². The largest absolute Gasteiger partial charge is 0.408 e. The van der Waals surface area contributed by atoms with E-state index in [9.17, 15) is 18.0 Å². The molecule has 0 saturated carbocycles. The Kier molecular flexibility index (Phi) is 6.13. The summed E-state index contributed by atoms with van der Waals surface area (Å²) < 4.78 is 43.9. The van der Waals surface area contributed by atoms with Gasteiger partial charge in [-0.15, -0.1) is 10.2 Å². The predicted octanol–water partition coefficient (Wildman–Crippen LogP) is 3.72. The highest BCUT2D eigenvalue weighted by molar-refractivity contribution is 5.98. The van der Waals surface area contributed by atoms with Gasteiger partial charge in [0.15, 0.2) is 11.5 Å². The third kappa shape index (κ3) is 4.63. The van der Waals surface area contributed by atoms with Crippen LogP contribution in [0.1, 0.15) is 42.2 Å². The van der Waals surface area contributed by atoms with E-state index in [2.05, 4.69) is 20.5 Å². The Hall–Kier alpha value is -3.57. The summed E-state index contributed by atoms with van der Waals surface area (Å²) in [5.74, 6) is 0.0985. The van der Waals surface area contributed by atoms with Gasteiger partial charge in [0.2, 0.25) is 0 Å². The van der Waals surface area contributed by atoms with Gasteiger partial charge in [-0.2, -0.15) is 13.2 Å². The minimum Gasteiger partial charge on any atom is -0.350 e. The lowest BCUT2D eigenvalue weighted by Crippen LogP contribution is -2.38. The number of pyridine rings is 2. The number of carbonyl (C=O) groups excluding carboxylic acids is 1. The topological polar surface area (TPSA) is 101 Å². The number of nitrogens with one attached hydrogen (secondary N) is 1. The Labute approximate surface area is 205 Å². The average Bonchev–Trinajstić information content (AvgIpc) is 3.43. The monoisotopic (exact) mass is 497 g/mol. The third-order valence-electron chi connectivity index (χ3n) is 6.28. The second-order valence-electron chi connectivity index (χ2n) is 9.43. The lowest BCUT2D eigenvalue weighted by atomic mass is 10.1. The Bertz CT molecular complexity index is 1430. The molecule has 0 aliphatic carbocycles. The van der Waals surface area contributed by atoms with E-state index < -0.39 is 12.2 Å². The number of hydrogen-bond acceptors (Lipinski definition) is 6. The average molecular weight is 498 g/mol. The molecule has 188 valence electrons. The zero-order chi connectivity index (χ0) is 25.6. The van der Waals surface area contributed by atoms with Gasteiger partial charge in [-0.3, -0.25) is 14.1 Å². The number of halogens is 3. The summed E-state index contributed by atoms with van der Waals surface area (Å²) in [6.07, 6.45) is -2.53. The lowest BCUT2D eigenvalue weighted by molar-refractivity contribution is -0.183. The number of hydrogen-bond donors (Lipinski definition) is 2. The van der Waals surface area contributed by atoms with Crippen LogP contribution in [0.5, 0.6) is 0 Å². The highest BCUT2D eigenvalue weighted by Gasteiger charge is 2.46. The van der Waals surface area contributed by atoms with Gasteiger partial charge < -0.3 is 11.1 Å². The van der Waals surface area contributed by atoms with Crippen LogP contribution < -0.4 is 11.1 Å². The van der Waals surface area contributed by atoms with E-state index >= 15 is 0 Å². The fourth-order valence-electron chi connectivity index (χ4n) is 4.63. The van der Waals surface area contributed by atoms with Crippen LogP contribution in [-0.2, 0) is 0 Å². The Morgan fingerprint density at radius 3 is 2.61 bits per heavy atom. The second kappa shape index (κ2) is 9.14. The fourth-order valence-corrected chi connectivity index (χ4v) is 4.63. The number of nitrogens with zero attached hydrogens (tertiary/aromatic N) is 5. The molecule has 2 atom stereocenters. The highest BCUT2D eigenvalue weighted by Crippen LogP contribution is 2.39. The molecule has 0 spiro atoms. The molecule has 1 saturated heterocycles. The van der Waals surface area contributed by atoms with Crippen molar-refractivity contribution >= 4 is 22.5 Å². The van der Waals surface area contributed by atoms with Crippen molar-refractivity contribution in [3.8, 4) is 11.5 Å². The van der Waals surface area contributed by atoms with Crippen molar-refractivity contribution in [2.24, 2.45) is 5.73 Å². The number of alkyl halides is 3. The quantitative estimate of drug-likeness (QED) is 0.436. The number of rotatable bonds is 5. The molecule has 4 heterocycles. The molecule has 0 bridgehead atoms. The van der Waals surface area contributed by atoms with Crippen LogP contribution in [0, 0.1) is 0 Å². The van der Waals surface area contributed by atoms with Crippen LogP contribution in [0.15, 0.2) is 48.7 Å². The maximum absolute atomic E-state index is 14.1. The number of likely N-dealkylation sites (tertiary alicyclic amines) is 1. The minimum atomic E-state index is -4.47. The molecule has 1 fully saturated rings. The number of nitrogens with two attached hydrogens (primary N) is 1. The maximum Gasteiger partial charge on any atom is 0.408 e. The number of aromatic nitrogens is 4. The minimum absolute atomic E-state index is 0.0131. The molecule has 5 rings (SSSR count). The first kappa shape index (κ1) is 24.1. The van der Waals surface area contributed by atoms with E-state index in [1.165, 1.54) is 27.6 Å². The normalized spacial score (nSPS) is 17.8. The maximum atomic E-state index is 14.1. The number of benzene rings is 1. The molecular weight excluding hydrogens is 471 g/mol. The number of fused-ring (bicyclic) bond motifs is 2. The first-order valence-electron chi connectivity index (χ1n) is 11.7. The van der Waals surface area contributed by atoms with Crippen LogP contribution >= 0.6 is 0 Å². The van der Waals surface area contributed by atoms with Crippen molar-refractivity contribution in [1.29, 1.82) is 0 Å². The highest BCUT2D eigenvalue weighted by atomic mass is 19.4. The molecule has 4 aromatic rings. The summed E-state index contributed by atoms with van der Waals surface area (Å²) in [6.45, 7) is 4.20. The molecule has 0 radical (unpaired) electrons. The van der Waals surface area contributed by atoms with Gasteiger partial charge in [0.1, 0.15) is 11.7 Å². The molecular formula is C25H26F3N7O. The van der Waals surface area contributed by atoms with Crippen LogP contribution in [0.2, 0.25) is 0 Å². The third-order valence-corrected chi connectivity index (χ3v) is 6.28. The summed E-state index contributed by atoms with van der Waals surface area (Å²) in [5.41, 5.74) is 7.83. The van der Waals surface area contributed by atoms with Gasteiger partial charge in [0.25, 0.3) is 5.91 Å².